The van der Waals surface area contributed by atoms with E-state index in [1.807, 2.05) is 62.6 Å². The average Bonchev–Trinajstić information content (AvgIpc) is 2.75. The number of hydrogen-bond acceptors (Lipinski definition) is 4. The Bertz CT molecular complexity index is 862. The highest BCUT2D eigenvalue weighted by Crippen LogP contribution is 2.18. The summed E-state index contributed by atoms with van der Waals surface area (Å²) in [6, 6.07) is 11.5. The highest BCUT2D eigenvalue weighted by Gasteiger charge is 2.18. The van der Waals surface area contributed by atoms with Crippen LogP contribution in [0.4, 0.5) is 0 Å². The molecule has 0 bridgehead atoms. The molecule has 0 unspecified atom stereocenters. The van der Waals surface area contributed by atoms with Gasteiger partial charge in [0.15, 0.2) is 17.4 Å². The minimum Gasteiger partial charge on any atom is -0.867 e. The molecule has 3 rings (SSSR count). The molecule has 0 spiro atoms. The minimum atomic E-state index is -0.0741. The molecule has 6 heteroatoms. The van der Waals surface area contributed by atoms with Gasteiger partial charge in [-0.15, -0.1) is 0 Å². The number of aromatic nitrogens is 1. The summed E-state index contributed by atoms with van der Waals surface area (Å²) in [5, 5.41) is 16.6. The van der Waals surface area contributed by atoms with Crippen LogP contribution < -0.4 is 15.0 Å². The standard InChI is InChI=1S/C23H29N3O2S/c1-18-7-8-20(17-19(18)2)22(27)21(26-11-4-3-5-12-26)23(29)24-9-6-10-25-13-15-28-16-14-25/h3-5,7-8,11-12,17H,6,9-10,13-16H2,1-2H3,(H-,24,27,29). The number of ether oxygens (including phenoxy) is 1. The monoisotopic (exact) mass is 411 g/mol. The molecule has 0 amide bonds. The molecule has 1 aromatic carbocycles. The molecule has 0 atom stereocenters. The molecule has 29 heavy (non-hydrogen) atoms. The Morgan fingerprint density at radius 2 is 1.86 bits per heavy atom. The fourth-order valence-electron chi connectivity index (χ4n) is 3.32. The van der Waals surface area contributed by atoms with Gasteiger partial charge in [-0.25, -0.2) is 0 Å². The highest BCUT2D eigenvalue weighted by molar-refractivity contribution is 7.81. The normalized spacial score (nSPS) is 15.7. The molecule has 1 N–H and O–H groups in total. The number of nitrogens with one attached hydrogen (secondary N) is 1. The number of rotatable bonds is 7. The van der Waals surface area contributed by atoms with E-state index >= 15 is 0 Å². The lowest BCUT2D eigenvalue weighted by atomic mass is 10.0. The maximum Gasteiger partial charge on any atom is 0.237 e. The van der Waals surface area contributed by atoms with E-state index in [0.29, 0.717) is 16.2 Å². The second kappa shape index (κ2) is 10.5. The summed E-state index contributed by atoms with van der Waals surface area (Å²) in [4.78, 5) is 2.87. The van der Waals surface area contributed by atoms with Gasteiger partial charge in [0.25, 0.3) is 0 Å². The van der Waals surface area contributed by atoms with Crippen LogP contribution in [0.5, 0.6) is 0 Å². The van der Waals surface area contributed by atoms with Gasteiger partial charge in [0, 0.05) is 31.8 Å². The van der Waals surface area contributed by atoms with Crippen LogP contribution in [0.15, 0.2) is 48.8 Å². The second-order valence-electron chi connectivity index (χ2n) is 7.32. The van der Waals surface area contributed by atoms with Gasteiger partial charge in [0.05, 0.1) is 13.2 Å². The van der Waals surface area contributed by atoms with Gasteiger partial charge >= 0.3 is 0 Å². The maximum absolute atomic E-state index is 13.3. The Kier molecular flexibility index (Phi) is 7.75. The van der Waals surface area contributed by atoms with E-state index in [1.54, 1.807) is 4.57 Å². The molecule has 0 radical (unpaired) electrons. The van der Waals surface area contributed by atoms with Crippen molar-refractivity contribution in [3.63, 3.8) is 0 Å². The summed E-state index contributed by atoms with van der Waals surface area (Å²) < 4.78 is 7.19. The van der Waals surface area contributed by atoms with Crippen LogP contribution in [0.1, 0.15) is 23.1 Å². The van der Waals surface area contributed by atoms with Gasteiger partial charge in [-0.1, -0.05) is 36.5 Å². The zero-order valence-electron chi connectivity index (χ0n) is 17.2. The Balaban J connectivity index is 1.74. The van der Waals surface area contributed by atoms with Crippen LogP contribution in [-0.4, -0.2) is 49.3 Å². The lowest BCUT2D eigenvalue weighted by Crippen LogP contribution is -2.43. The number of thiocarbonyl (C=S) groups is 1. The summed E-state index contributed by atoms with van der Waals surface area (Å²) in [6.07, 6.45) is 4.68. The highest BCUT2D eigenvalue weighted by atomic mass is 32.1. The van der Waals surface area contributed by atoms with E-state index in [2.05, 4.69) is 10.2 Å². The number of hydrogen-bond donors (Lipinski definition) is 1. The molecule has 1 aliphatic heterocycles. The quantitative estimate of drug-likeness (QED) is 0.248. The Morgan fingerprint density at radius 3 is 2.55 bits per heavy atom. The molecule has 1 fully saturated rings. The number of pyridine rings is 1. The number of nitrogens with zero attached hydrogens (tertiary/aromatic N) is 2. The summed E-state index contributed by atoms with van der Waals surface area (Å²) in [7, 11) is 0. The van der Waals surface area contributed by atoms with Crippen molar-refractivity contribution in [2.45, 2.75) is 20.3 Å². The number of aryl methyl sites for hydroxylation is 2. The molecule has 0 saturated carbocycles. The van der Waals surface area contributed by atoms with Gasteiger partial charge in [0.2, 0.25) is 5.70 Å². The third-order valence-electron chi connectivity index (χ3n) is 5.21. The summed E-state index contributed by atoms with van der Waals surface area (Å²) >= 11 is 5.64. The molecule has 2 aromatic rings. The van der Waals surface area contributed by atoms with E-state index in [0.717, 1.165) is 51.4 Å². The van der Waals surface area contributed by atoms with Gasteiger partial charge < -0.3 is 15.2 Å². The zero-order valence-corrected chi connectivity index (χ0v) is 18.0. The first-order chi connectivity index (χ1) is 14.1. The Hall–Kier alpha value is -2.28. The van der Waals surface area contributed by atoms with E-state index in [-0.39, 0.29) is 5.76 Å². The van der Waals surface area contributed by atoms with Crippen LogP contribution in [0, 0.1) is 13.8 Å². The van der Waals surface area contributed by atoms with Gasteiger partial charge in [0.1, 0.15) is 0 Å². The van der Waals surface area contributed by atoms with Crippen molar-refractivity contribution < 1.29 is 14.4 Å². The third kappa shape index (κ3) is 5.85. The first-order valence-electron chi connectivity index (χ1n) is 10.1. The number of benzene rings is 1. The molecule has 154 valence electrons. The molecule has 5 nitrogen and oxygen atoms in total. The van der Waals surface area contributed by atoms with Crippen molar-refractivity contribution in [1.29, 1.82) is 0 Å². The zero-order chi connectivity index (χ0) is 20.6. The van der Waals surface area contributed by atoms with Crippen molar-refractivity contribution in [2.24, 2.45) is 0 Å². The SMILES string of the molecule is Cc1ccc(C([O-])=C(C(=S)NCCCN2CCOCC2)[n+]2ccccc2)cc1C. The summed E-state index contributed by atoms with van der Waals surface area (Å²) in [5.74, 6) is -0.0741. The molecule has 1 saturated heterocycles. The predicted molar refractivity (Wildman–Crippen MR) is 118 cm³/mol. The van der Waals surface area contributed by atoms with Crippen LogP contribution in [0.3, 0.4) is 0 Å². The molecule has 0 aliphatic carbocycles. The van der Waals surface area contributed by atoms with Gasteiger partial charge in [-0.3, -0.25) is 4.90 Å². The summed E-state index contributed by atoms with van der Waals surface area (Å²) in [5.41, 5.74) is 3.39. The average molecular weight is 412 g/mol. The summed E-state index contributed by atoms with van der Waals surface area (Å²) in [6.45, 7) is 9.35. The van der Waals surface area contributed by atoms with Crippen molar-refractivity contribution in [2.75, 3.05) is 39.4 Å². The molecule has 1 aromatic heterocycles. The van der Waals surface area contributed by atoms with Crippen LogP contribution in [0.25, 0.3) is 11.5 Å². The Labute approximate surface area is 178 Å². The molecule has 2 heterocycles. The predicted octanol–water partition coefficient (Wildman–Crippen LogP) is 1.92. The van der Waals surface area contributed by atoms with Crippen LogP contribution in [0.2, 0.25) is 0 Å². The van der Waals surface area contributed by atoms with Gasteiger partial charge in [-0.2, -0.15) is 4.57 Å². The largest absolute Gasteiger partial charge is 0.867 e. The van der Waals surface area contributed by atoms with E-state index in [9.17, 15) is 5.11 Å². The smallest absolute Gasteiger partial charge is 0.237 e. The molecular weight excluding hydrogens is 382 g/mol. The van der Waals surface area contributed by atoms with Gasteiger partial charge in [-0.05, 0) is 49.3 Å². The minimum absolute atomic E-state index is 0.0741. The lowest BCUT2D eigenvalue weighted by molar-refractivity contribution is -0.577. The third-order valence-corrected chi connectivity index (χ3v) is 5.55. The number of morpholine rings is 1. The first-order valence-corrected chi connectivity index (χ1v) is 10.5. The van der Waals surface area contributed by atoms with Crippen molar-refractivity contribution >= 4 is 28.7 Å². The topological polar surface area (TPSA) is 51.4 Å². The van der Waals surface area contributed by atoms with E-state index in [4.69, 9.17) is 17.0 Å². The van der Waals surface area contributed by atoms with Crippen molar-refractivity contribution in [3.05, 3.63) is 65.5 Å². The molecular formula is C23H29N3O2S. The Morgan fingerprint density at radius 1 is 1.14 bits per heavy atom. The van der Waals surface area contributed by atoms with Crippen LogP contribution in [-0.2, 0) is 4.74 Å². The molecule has 1 aliphatic rings. The fourth-order valence-corrected chi connectivity index (χ4v) is 3.62. The van der Waals surface area contributed by atoms with E-state index < -0.39 is 0 Å². The first kappa shape index (κ1) is 21.4. The van der Waals surface area contributed by atoms with Crippen molar-refractivity contribution in [3.8, 4) is 0 Å². The maximum atomic E-state index is 13.3. The van der Waals surface area contributed by atoms with Crippen LogP contribution >= 0.6 is 12.2 Å². The van der Waals surface area contributed by atoms with E-state index in [1.165, 1.54) is 5.56 Å². The van der Waals surface area contributed by atoms with Crippen molar-refractivity contribution in [1.82, 2.24) is 10.2 Å². The second-order valence-corrected chi connectivity index (χ2v) is 7.73. The fraction of sp³-hybridized carbons (Fsp3) is 0.391. The lowest BCUT2D eigenvalue weighted by Gasteiger charge is -2.26.